The van der Waals surface area contributed by atoms with Crippen molar-refractivity contribution < 1.29 is 4.92 Å². The summed E-state index contributed by atoms with van der Waals surface area (Å²) >= 11 is 1.39. The van der Waals surface area contributed by atoms with E-state index < -0.39 is 4.92 Å². The fraction of sp³-hybridized carbons (Fsp3) is 0. The zero-order valence-electron chi connectivity index (χ0n) is 10.4. The van der Waals surface area contributed by atoms with Crippen molar-refractivity contribution in [2.45, 2.75) is 0 Å². The summed E-state index contributed by atoms with van der Waals surface area (Å²) < 4.78 is 4.43. The lowest BCUT2D eigenvalue weighted by Crippen LogP contribution is -1.86. The number of aromatic nitrogens is 1. The molecule has 0 spiro atoms. The quantitative estimate of drug-likeness (QED) is 0.529. The van der Waals surface area contributed by atoms with Gasteiger partial charge in [0, 0.05) is 17.7 Å². The fourth-order valence-electron chi connectivity index (χ4n) is 1.90. The molecule has 0 saturated carbocycles. The zero-order chi connectivity index (χ0) is 13.9. The van der Waals surface area contributed by atoms with Crippen molar-refractivity contribution in [2.24, 2.45) is 0 Å². The van der Waals surface area contributed by atoms with Gasteiger partial charge in [0.05, 0.1) is 15.5 Å². The Balaban J connectivity index is 1.92. The SMILES string of the molecule is O=[N+]([O-])c1ccc(-c2cc(-c3ccccc3)ns2)cc1. The van der Waals surface area contributed by atoms with Gasteiger partial charge in [0.1, 0.15) is 0 Å². The summed E-state index contributed by atoms with van der Waals surface area (Å²) in [7, 11) is 0. The lowest BCUT2D eigenvalue weighted by atomic mass is 10.1. The van der Waals surface area contributed by atoms with Crippen molar-refractivity contribution in [1.29, 1.82) is 0 Å². The van der Waals surface area contributed by atoms with Crippen LogP contribution in [0.25, 0.3) is 21.7 Å². The zero-order valence-corrected chi connectivity index (χ0v) is 11.2. The highest BCUT2D eigenvalue weighted by molar-refractivity contribution is 7.09. The lowest BCUT2D eigenvalue weighted by Gasteiger charge is -1.96. The molecule has 98 valence electrons. The number of hydrogen-bond acceptors (Lipinski definition) is 4. The number of benzene rings is 2. The number of non-ortho nitro benzene ring substituents is 1. The third-order valence-corrected chi connectivity index (χ3v) is 3.78. The van der Waals surface area contributed by atoms with Crippen LogP contribution < -0.4 is 0 Å². The molecular formula is C15H10N2O2S. The molecule has 0 aliphatic rings. The molecule has 5 heteroatoms. The van der Waals surface area contributed by atoms with Crippen LogP contribution in [0, 0.1) is 10.1 Å². The third-order valence-electron chi connectivity index (χ3n) is 2.94. The second-order valence-corrected chi connectivity index (χ2v) is 5.05. The summed E-state index contributed by atoms with van der Waals surface area (Å²) in [6.45, 7) is 0. The molecular weight excluding hydrogens is 272 g/mol. The maximum absolute atomic E-state index is 10.6. The van der Waals surface area contributed by atoms with Crippen molar-refractivity contribution in [3.8, 4) is 21.7 Å². The highest BCUT2D eigenvalue weighted by Gasteiger charge is 2.08. The number of rotatable bonds is 3. The van der Waals surface area contributed by atoms with Gasteiger partial charge in [0.15, 0.2) is 0 Å². The Labute approximate surface area is 119 Å². The van der Waals surface area contributed by atoms with Crippen LogP contribution >= 0.6 is 11.5 Å². The van der Waals surface area contributed by atoms with E-state index in [9.17, 15) is 10.1 Å². The van der Waals surface area contributed by atoms with Gasteiger partial charge >= 0.3 is 0 Å². The first-order valence-electron chi connectivity index (χ1n) is 6.01. The van der Waals surface area contributed by atoms with Crippen molar-refractivity contribution >= 4 is 17.2 Å². The molecule has 1 aromatic heterocycles. The summed E-state index contributed by atoms with van der Waals surface area (Å²) in [5.74, 6) is 0. The summed E-state index contributed by atoms with van der Waals surface area (Å²) in [6.07, 6.45) is 0. The largest absolute Gasteiger partial charge is 0.269 e. The second kappa shape index (κ2) is 5.22. The van der Waals surface area contributed by atoms with Gasteiger partial charge in [-0.3, -0.25) is 10.1 Å². The van der Waals surface area contributed by atoms with Crippen molar-refractivity contribution in [2.75, 3.05) is 0 Å². The highest BCUT2D eigenvalue weighted by atomic mass is 32.1. The van der Waals surface area contributed by atoms with Gasteiger partial charge in [-0.25, -0.2) is 0 Å². The van der Waals surface area contributed by atoms with E-state index in [-0.39, 0.29) is 5.69 Å². The molecule has 2 aromatic carbocycles. The first-order valence-corrected chi connectivity index (χ1v) is 6.78. The van der Waals surface area contributed by atoms with E-state index in [1.807, 2.05) is 36.4 Å². The molecule has 0 radical (unpaired) electrons. The molecule has 4 nitrogen and oxygen atoms in total. The van der Waals surface area contributed by atoms with Crippen molar-refractivity contribution in [1.82, 2.24) is 4.37 Å². The van der Waals surface area contributed by atoms with Gasteiger partial charge in [0.2, 0.25) is 0 Å². The Bertz CT molecular complexity index is 736. The Morgan fingerprint density at radius 1 is 0.950 bits per heavy atom. The second-order valence-electron chi connectivity index (χ2n) is 4.25. The molecule has 0 aliphatic heterocycles. The van der Waals surface area contributed by atoms with Crippen LogP contribution in [0.2, 0.25) is 0 Å². The van der Waals surface area contributed by atoms with Crippen LogP contribution in [0.15, 0.2) is 60.7 Å². The minimum Gasteiger partial charge on any atom is -0.258 e. The number of hydrogen-bond donors (Lipinski definition) is 0. The molecule has 0 fully saturated rings. The Hall–Kier alpha value is -2.53. The van der Waals surface area contributed by atoms with Gasteiger partial charge in [0.25, 0.3) is 5.69 Å². The molecule has 0 saturated heterocycles. The van der Waals surface area contributed by atoms with E-state index in [1.54, 1.807) is 12.1 Å². The minimum atomic E-state index is -0.397. The average molecular weight is 282 g/mol. The summed E-state index contributed by atoms with van der Waals surface area (Å²) in [5, 5.41) is 10.6. The first-order chi connectivity index (χ1) is 9.74. The molecule has 0 bridgehead atoms. The Morgan fingerprint density at radius 3 is 2.30 bits per heavy atom. The molecule has 0 unspecified atom stereocenters. The van der Waals surface area contributed by atoms with Crippen LogP contribution in [0.3, 0.4) is 0 Å². The number of nitro groups is 1. The van der Waals surface area contributed by atoms with Gasteiger partial charge in [-0.1, -0.05) is 30.3 Å². The van der Waals surface area contributed by atoms with E-state index in [0.717, 1.165) is 21.7 Å². The van der Waals surface area contributed by atoms with Crippen LogP contribution in [0.4, 0.5) is 5.69 Å². The molecule has 3 rings (SSSR count). The van der Waals surface area contributed by atoms with E-state index in [2.05, 4.69) is 4.37 Å². The van der Waals surface area contributed by atoms with Gasteiger partial charge in [-0.05, 0) is 35.3 Å². The predicted molar refractivity (Wildman–Crippen MR) is 79.6 cm³/mol. The summed E-state index contributed by atoms with van der Waals surface area (Å²) in [6, 6.07) is 18.5. The highest BCUT2D eigenvalue weighted by Crippen LogP contribution is 2.30. The first kappa shape index (κ1) is 12.5. The summed E-state index contributed by atoms with van der Waals surface area (Å²) in [4.78, 5) is 11.2. The Kier molecular flexibility index (Phi) is 3.26. The van der Waals surface area contributed by atoms with Gasteiger partial charge in [-0.2, -0.15) is 4.37 Å². The monoisotopic (exact) mass is 282 g/mol. The smallest absolute Gasteiger partial charge is 0.258 e. The molecule has 0 N–H and O–H groups in total. The van der Waals surface area contributed by atoms with Crippen LogP contribution in [0.1, 0.15) is 0 Å². The van der Waals surface area contributed by atoms with E-state index >= 15 is 0 Å². The van der Waals surface area contributed by atoms with Crippen molar-refractivity contribution in [3.05, 3.63) is 70.8 Å². The Morgan fingerprint density at radius 2 is 1.65 bits per heavy atom. The maximum atomic E-state index is 10.6. The molecule has 3 aromatic rings. The maximum Gasteiger partial charge on any atom is 0.269 e. The average Bonchev–Trinajstić information content (AvgIpc) is 2.98. The van der Waals surface area contributed by atoms with Gasteiger partial charge < -0.3 is 0 Å². The molecule has 0 amide bonds. The minimum absolute atomic E-state index is 0.0987. The molecule has 0 aliphatic carbocycles. The van der Waals surface area contributed by atoms with E-state index in [1.165, 1.54) is 23.7 Å². The number of nitrogens with zero attached hydrogens (tertiary/aromatic N) is 2. The fourth-order valence-corrected chi connectivity index (χ4v) is 2.66. The lowest BCUT2D eigenvalue weighted by molar-refractivity contribution is -0.384. The predicted octanol–water partition coefficient (Wildman–Crippen LogP) is 4.39. The molecule has 0 atom stereocenters. The van der Waals surface area contributed by atoms with E-state index in [0.29, 0.717) is 0 Å². The van der Waals surface area contributed by atoms with Crippen molar-refractivity contribution in [3.63, 3.8) is 0 Å². The van der Waals surface area contributed by atoms with Crippen LogP contribution in [0.5, 0.6) is 0 Å². The van der Waals surface area contributed by atoms with Crippen LogP contribution in [-0.4, -0.2) is 9.30 Å². The van der Waals surface area contributed by atoms with Gasteiger partial charge in [-0.15, -0.1) is 0 Å². The number of nitro benzene ring substituents is 1. The van der Waals surface area contributed by atoms with E-state index in [4.69, 9.17) is 0 Å². The third kappa shape index (κ3) is 2.44. The molecule has 20 heavy (non-hydrogen) atoms. The topological polar surface area (TPSA) is 56.0 Å². The summed E-state index contributed by atoms with van der Waals surface area (Å²) in [5.41, 5.74) is 3.03. The standard InChI is InChI=1S/C15H10N2O2S/c18-17(19)13-8-6-12(7-9-13)15-10-14(16-20-15)11-4-2-1-3-5-11/h1-10H. The normalized spacial score (nSPS) is 10.4. The van der Waals surface area contributed by atoms with Crippen LogP contribution in [-0.2, 0) is 0 Å². The molecule has 1 heterocycles.